The Kier molecular flexibility index (Phi) is 5.48. The van der Waals surface area contributed by atoms with Crippen molar-refractivity contribution in [2.24, 2.45) is 4.99 Å². The molecule has 0 aliphatic heterocycles. The molecular weight excluding hydrogens is 376 g/mol. The minimum atomic E-state index is -3.78. The van der Waals surface area contributed by atoms with Gasteiger partial charge in [0.05, 0.1) is 10.6 Å². The van der Waals surface area contributed by atoms with Crippen LogP contribution in [0, 0.1) is 27.7 Å². The summed E-state index contributed by atoms with van der Waals surface area (Å²) in [6, 6.07) is 14.4. The molecule has 0 amide bonds. The molecule has 0 bridgehead atoms. The average Bonchev–Trinajstić information content (AvgIpc) is 3.02. The summed E-state index contributed by atoms with van der Waals surface area (Å²) in [5.41, 5.74) is 4.00. The maximum Gasteiger partial charge on any atom is 0.123 e. The van der Waals surface area contributed by atoms with E-state index in [1.54, 1.807) is 41.8 Å². The van der Waals surface area contributed by atoms with Crippen LogP contribution in [0.2, 0.25) is 0 Å². The Morgan fingerprint density at radius 1 is 0.926 bits per heavy atom. The molecule has 0 fully saturated rings. The van der Waals surface area contributed by atoms with Crippen molar-refractivity contribution in [3.05, 3.63) is 79.7 Å². The standard InChI is InChI=1S/C21H21N2O2S2/c1-14-11-15(2)21(16(3)12-14)23-27(24,25)20-9-6-18(7-10-20)22-13-19-8-5-17(4)26-19/h5-13H,1-4H3/q-1. The molecule has 1 aromatic heterocycles. The van der Waals surface area contributed by atoms with E-state index in [9.17, 15) is 8.42 Å². The molecule has 140 valence electrons. The lowest BCUT2D eigenvalue weighted by atomic mass is 10.1. The molecule has 0 aliphatic rings. The zero-order valence-electron chi connectivity index (χ0n) is 15.7. The Morgan fingerprint density at radius 3 is 2.11 bits per heavy atom. The summed E-state index contributed by atoms with van der Waals surface area (Å²) in [5.74, 6) is 0. The van der Waals surface area contributed by atoms with Gasteiger partial charge in [0.25, 0.3) is 0 Å². The fraction of sp³-hybridized carbons (Fsp3) is 0.190. The van der Waals surface area contributed by atoms with Gasteiger partial charge in [0.1, 0.15) is 10.0 Å². The Hall–Kier alpha value is -2.44. The van der Waals surface area contributed by atoms with Crippen LogP contribution in [0.3, 0.4) is 0 Å². The van der Waals surface area contributed by atoms with E-state index in [1.165, 1.54) is 4.88 Å². The van der Waals surface area contributed by atoms with Crippen molar-refractivity contribution in [1.82, 2.24) is 0 Å². The summed E-state index contributed by atoms with van der Waals surface area (Å²) < 4.78 is 29.4. The molecule has 4 nitrogen and oxygen atoms in total. The van der Waals surface area contributed by atoms with Gasteiger partial charge >= 0.3 is 0 Å². The van der Waals surface area contributed by atoms with E-state index in [2.05, 4.69) is 9.71 Å². The Bertz CT molecular complexity index is 1070. The average molecular weight is 398 g/mol. The number of sulfonamides is 1. The highest BCUT2D eigenvalue weighted by Crippen LogP contribution is 2.34. The van der Waals surface area contributed by atoms with Crippen molar-refractivity contribution < 1.29 is 8.42 Å². The van der Waals surface area contributed by atoms with Crippen LogP contribution in [0.25, 0.3) is 4.72 Å². The summed E-state index contributed by atoms with van der Waals surface area (Å²) in [4.78, 5) is 6.84. The minimum Gasteiger partial charge on any atom is -0.572 e. The van der Waals surface area contributed by atoms with Crippen LogP contribution in [0.5, 0.6) is 0 Å². The van der Waals surface area contributed by atoms with Gasteiger partial charge in [-0.2, -0.15) is 0 Å². The van der Waals surface area contributed by atoms with E-state index in [0.29, 0.717) is 11.4 Å². The van der Waals surface area contributed by atoms with Gasteiger partial charge < -0.3 is 4.72 Å². The molecule has 3 rings (SSSR count). The third kappa shape index (κ3) is 4.64. The number of hydrogen-bond acceptors (Lipinski definition) is 4. The molecule has 27 heavy (non-hydrogen) atoms. The fourth-order valence-electron chi connectivity index (χ4n) is 2.85. The van der Waals surface area contributed by atoms with Gasteiger partial charge in [-0.05, 0) is 64.1 Å². The van der Waals surface area contributed by atoms with Crippen molar-refractivity contribution in [2.45, 2.75) is 32.6 Å². The monoisotopic (exact) mass is 397 g/mol. The third-order valence-corrected chi connectivity index (χ3v) is 6.31. The zero-order chi connectivity index (χ0) is 19.6. The van der Waals surface area contributed by atoms with Gasteiger partial charge in [-0.15, -0.1) is 17.0 Å². The van der Waals surface area contributed by atoms with E-state index in [1.807, 2.05) is 52.0 Å². The molecule has 3 aromatic rings. The first-order chi connectivity index (χ1) is 12.7. The van der Waals surface area contributed by atoms with Gasteiger partial charge in [0.15, 0.2) is 0 Å². The van der Waals surface area contributed by atoms with Crippen LogP contribution in [-0.4, -0.2) is 14.6 Å². The van der Waals surface area contributed by atoms with E-state index in [4.69, 9.17) is 0 Å². The van der Waals surface area contributed by atoms with E-state index in [-0.39, 0.29) is 4.90 Å². The highest BCUT2D eigenvalue weighted by atomic mass is 32.2. The minimum absolute atomic E-state index is 0.160. The fourth-order valence-corrected chi connectivity index (χ4v) is 4.72. The van der Waals surface area contributed by atoms with Crippen LogP contribution >= 0.6 is 11.3 Å². The first-order valence-electron chi connectivity index (χ1n) is 8.51. The van der Waals surface area contributed by atoms with Crippen LogP contribution < -0.4 is 0 Å². The zero-order valence-corrected chi connectivity index (χ0v) is 17.4. The van der Waals surface area contributed by atoms with Gasteiger partial charge in [-0.25, -0.2) is 8.42 Å². The van der Waals surface area contributed by atoms with Crippen LogP contribution in [0.15, 0.2) is 58.4 Å². The highest BCUT2D eigenvalue weighted by molar-refractivity contribution is 7.94. The molecule has 0 radical (unpaired) electrons. The number of nitrogens with zero attached hydrogens (tertiary/aromatic N) is 2. The number of rotatable bonds is 5. The van der Waals surface area contributed by atoms with Crippen molar-refractivity contribution in [1.29, 1.82) is 0 Å². The molecule has 0 unspecified atom stereocenters. The summed E-state index contributed by atoms with van der Waals surface area (Å²) in [5, 5.41) is 0. The number of aryl methyl sites for hydroxylation is 4. The Morgan fingerprint density at radius 2 is 1.56 bits per heavy atom. The molecule has 0 saturated heterocycles. The smallest absolute Gasteiger partial charge is 0.123 e. The van der Waals surface area contributed by atoms with Gasteiger partial charge in [0.2, 0.25) is 0 Å². The quantitative estimate of drug-likeness (QED) is 0.486. The molecule has 0 aliphatic carbocycles. The van der Waals surface area contributed by atoms with Gasteiger partial charge in [0, 0.05) is 16.0 Å². The highest BCUT2D eigenvalue weighted by Gasteiger charge is 2.07. The summed E-state index contributed by atoms with van der Waals surface area (Å²) >= 11 is 1.66. The molecule has 0 saturated carbocycles. The summed E-state index contributed by atoms with van der Waals surface area (Å²) in [7, 11) is -3.78. The van der Waals surface area contributed by atoms with Crippen molar-refractivity contribution in [3.8, 4) is 0 Å². The first kappa shape index (κ1) is 19.3. The Balaban J connectivity index is 1.80. The predicted molar refractivity (Wildman–Crippen MR) is 114 cm³/mol. The van der Waals surface area contributed by atoms with Crippen molar-refractivity contribution in [3.63, 3.8) is 0 Å². The van der Waals surface area contributed by atoms with Crippen LogP contribution in [0.1, 0.15) is 26.4 Å². The molecule has 0 atom stereocenters. The van der Waals surface area contributed by atoms with Crippen LogP contribution in [-0.2, 0) is 10.0 Å². The number of benzene rings is 2. The van der Waals surface area contributed by atoms with Gasteiger partial charge in [-0.3, -0.25) is 4.99 Å². The number of aliphatic imine (C=N–C) groups is 1. The predicted octanol–water partition coefficient (Wildman–Crippen LogP) is 6.13. The van der Waals surface area contributed by atoms with Crippen LogP contribution in [0.4, 0.5) is 11.4 Å². The maximum atomic E-state index is 12.7. The third-order valence-electron chi connectivity index (χ3n) is 4.08. The van der Waals surface area contributed by atoms with E-state index in [0.717, 1.165) is 21.6 Å². The SMILES string of the molecule is Cc1cc(C)c([N-]S(=O)(=O)c2ccc(N=Cc3ccc(C)s3)cc2)c(C)c1. The lowest BCUT2D eigenvalue weighted by Crippen LogP contribution is -1.99. The second-order valence-corrected chi connectivity index (χ2v) is 9.44. The number of thiophene rings is 1. The molecule has 6 heteroatoms. The van der Waals surface area contributed by atoms with Gasteiger partial charge in [-0.1, -0.05) is 28.8 Å². The topological polar surface area (TPSA) is 60.6 Å². The number of hydrogen-bond donors (Lipinski definition) is 0. The van der Waals surface area contributed by atoms with E-state index < -0.39 is 10.0 Å². The lowest BCUT2D eigenvalue weighted by Gasteiger charge is -2.26. The molecule has 2 aromatic carbocycles. The normalized spacial score (nSPS) is 11.9. The van der Waals surface area contributed by atoms with Crippen molar-refractivity contribution >= 4 is 38.9 Å². The summed E-state index contributed by atoms with van der Waals surface area (Å²) in [6.07, 6.45) is 1.78. The second-order valence-electron chi connectivity index (χ2n) is 6.51. The van der Waals surface area contributed by atoms with Crippen molar-refractivity contribution in [2.75, 3.05) is 0 Å². The Labute approximate surface area is 164 Å². The lowest BCUT2D eigenvalue weighted by molar-refractivity contribution is 0.603. The largest absolute Gasteiger partial charge is 0.572 e. The first-order valence-corrected chi connectivity index (χ1v) is 10.8. The molecule has 0 N–H and O–H groups in total. The summed E-state index contributed by atoms with van der Waals surface area (Å²) in [6.45, 7) is 7.77. The maximum absolute atomic E-state index is 12.7. The second kappa shape index (κ2) is 7.66. The molecular formula is C21H21N2O2S2-. The van der Waals surface area contributed by atoms with E-state index >= 15 is 0 Å². The molecule has 0 spiro atoms. The molecule has 1 heterocycles.